The van der Waals surface area contributed by atoms with Crippen molar-refractivity contribution >= 4 is 22.9 Å². The largest absolute Gasteiger partial charge is 0.321 e. The molecule has 2 aromatic heterocycles. The molecule has 0 aliphatic heterocycles. The summed E-state index contributed by atoms with van der Waals surface area (Å²) in [7, 11) is 0. The number of aryl methyl sites for hydroxylation is 3. The van der Waals surface area contributed by atoms with Crippen molar-refractivity contribution in [1.82, 2.24) is 20.2 Å². The zero-order valence-corrected chi connectivity index (χ0v) is 13.3. The number of aromatic nitrogens is 4. The average molecular weight is 313 g/mol. The predicted octanol–water partition coefficient (Wildman–Crippen LogP) is 2.90. The smallest absolute Gasteiger partial charge is 0.265 e. The molecule has 3 rings (SSSR count). The Bertz CT molecular complexity index is 803. The number of anilines is 1. The Labute approximate surface area is 131 Å². The summed E-state index contributed by atoms with van der Waals surface area (Å²) in [6.45, 7) is 5.98. The Morgan fingerprint density at radius 2 is 2.00 bits per heavy atom. The highest BCUT2D eigenvalue weighted by atomic mass is 32.1. The molecule has 6 nitrogen and oxygen atoms in total. The number of nitrogens with zero attached hydrogens (tertiary/aromatic N) is 4. The van der Waals surface area contributed by atoms with Crippen molar-refractivity contribution in [2.45, 2.75) is 20.8 Å². The Hall–Kier alpha value is -2.54. The van der Waals surface area contributed by atoms with Gasteiger partial charge in [-0.15, -0.1) is 16.4 Å². The number of hydrogen-bond donors (Lipinski definition) is 1. The summed E-state index contributed by atoms with van der Waals surface area (Å²) in [4.78, 5) is 14.2. The first kappa shape index (κ1) is 14.4. The summed E-state index contributed by atoms with van der Waals surface area (Å²) < 4.78 is 1.57. The fourth-order valence-electron chi connectivity index (χ4n) is 2.08. The molecule has 2 heterocycles. The van der Waals surface area contributed by atoms with Crippen LogP contribution in [0.15, 0.2) is 30.6 Å². The van der Waals surface area contributed by atoms with Gasteiger partial charge in [-0.05, 0) is 60.5 Å². The molecule has 0 aliphatic rings. The van der Waals surface area contributed by atoms with Crippen LogP contribution in [0.25, 0.3) is 5.69 Å². The zero-order chi connectivity index (χ0) is 15.7. The first-order chi connectivity index (χ1) is 10.5. The van der Waals surface area contributed by atoms with E-state index >= 15 is 0 Å². The number of amides is 1. The van der Waals surface area contributed by atoms with E-state index < -0.39 is 0 Å². The van der Waals surface area contributed by atoms with Crippen LogP contribution < -0.4 is 5.32 Å². The van der Waals surface area contributed by atoms with Crippen molar-refractivity contribution in [3.8, 4) is 5.69 Å². The van der Waals surface area contributed by atoms with Crippen LogP contribution in [0, 0.1) is 20.8 Å². The number of carbonyl (C=O) groups is 1. The first-order valence-corrected chi connectivity index (χ1v) is 7.58. The molecule has 0 radical (unpaired) electrons. The molecule has 1 aromatic carbocycles. The van der Waals surface area contributed by atoms with E-state index in [4.69, 9.17) is 0 Å². The molecule has 0 bridgehead atoms. The van der Waals surface area contributed by atoms with Gasteiger partial charge in [-0.25, -0.2) is 4.68 Å². The maximum absolute atomic E-state index is 12.3. The third kappa shape index (κ3) is 2.75. The fraction of sp³-hybridized carbons (Fsp3) is 0.200. The van der Waals surface area contributed by atoms with Gasteiger partial charge in [0, 0.05) is 10.6 Å². The summed E-state index contributed by atoms with van der Waals surface area (Å²) in [6.07, 6.45) is 1.53. The summed E-state index contributed by atoms with van der Waals surface area (Å²) >= 11 is 1.50. The van der Waals surface area contributed by atoms with Crippen LogP contribution in [0.3, 0.4) is 0 Å². The SMILES string of the molecule is Cc1ccc(NC(=O)c2cc(C)c(C)s2)cc1-n1cnnn1. The minimum Gasteiger partial charge on any atom is -0.321 e. The van der Waals surface area contributed by atoms with Crippen LogP contribution >= 0.6 is 11.3 Å². The normalized spacial score (nSPS) is 10.7. The van der Waals surface area contributed by atoms with Crippen LogP contribution in [-0.4, -0.2) is 26.1 Å². The summed E-state index contributed by atoms with van der Waals surface area (Å²) in [5.41, 5.74) is 3.70. The van der Waals surface area contributed by atoms with Crippen molar-refractivity contribution in [2.24, 2.45) is 0 Å². The number of benzene rings is 1. The van der Waals surface area contributed by atoms with Crippen molar-refractivity contribution in [1.29, 1.82) is 0 Å². The molecule has 0 saturated heterocycles. The summed E-state index contributed by atoms with van der Waals surface area (Å²) in [6, 6.07) is 7.56. The highest BCUT2D eigenvalue weighted by Gasteiger charge is 2.12. The number of rotatable bonds is 3. The van der Waals surface area contributed by atoms with Gasteiger partial charge in [0.1, 0.15) is 6.33 Å². The molecule has 22 heavy (non-hydrogen) atoms. The van der Waals surface area contributed by atoms with E-state index in [-0.39, 0.29) is 5.91 Å². The second-order valence-corrected chi connectivity index (χ2v) is 6.32. The van der Waals surface area contributed by atoms with Crippen molar-refractivity contribution in [2.75, 3.05) is 5.32 Å². The van der Waals surface area contributed by atoms with E-state index in [0.29, 0.717) is 10.6 Å². The molecule has 112 valence electrons. The lowest BCUT2D eigenvalue weighted by atomic mass is 10.2. The van der Waals surface area contributed by atoms with Gasteiger partial charge in [0.2, 0.25) is 0 Å². The highest BCUT2D eigenvalue weighted by molar-refractivity contribution is 7.14. The second-order valence-electron chi connectivity index (χ2n) is 5.06. The molecule has 1 amide bonds. The van der Waals surface area contributed by atoms with E-state index in [0.717, 1.165) is 21.7 Å². The maximum atomic E-state index is 12.3. The Kier molecular flexibility index (Phi) is 3.72. The minimum absolute atomic E-state index is 0.104. The van der Waals surface area contributed by atoms with Gasteiger partial charge >= 0.3 is 0 Å². The quantitative estimate of drug-likeness (QED) is 0.807. The average Bonchev–Trinajstić information content (AvgIpc) is 3.12. The molecule has 0 saturated carbocycles. The van der Waals surface area contributed by atoms with E-state index in [1.165, 1.54) is 17.7 Å². The lowest BCUT2D eigenvalue weighted by molar-refractivity contribution is 0.103. The standard InChI is InChI=1S/C15H15N5OS/c1-9-4-5-12(7-13(9)20-8-16-18-19-20)17-15(21)14-6-10(2)11(3)22-14/h4-8H,1-3H3,(H,17,21). The third-order valence-corrected chi connectivity index (χ3v) is 4.60. The molecular formula is C15H15N5OS. The molecule has 3 aromatic rings. The summed E-state index contributed by atoms with van der Waals surface area (Å²) in [5.74, 6) is -0.104. The number of thiophene rings is 1. The number of tetrazole rings is 1. The number of nitrogens with one attached hydrogen (secondary N) is 1. The molecule has 0 unspecified atom stereocenters. The fourth-order valence-corrected chi connectivity index (χ4v) is 3.01. The number of carbonyl (C=O) groups excluding carboxylic acids is 1. The molecule has 0 fully saturated rings. The third-order valence-electron chi connectivity index (χ3n) is 3.45. The van der Waals surface area contributed by atoms with Gasteiger partial charge in [-0.2, -0.15) is 0 Å². The molecule has 0 atom stereocenters. The van der Waals surface area contributed by atoms with Crippen LogP contribution in [-0.2, 0) is 0 Å². The van der Waals surface area contributed by atoms with Gasteiger partial charge in [-0.1, -0.05) is 6.07 Å². The highest BCUT2D eigenvalue weighted by Crippen LogP contribution is 2.23. The van der Waals surface area contributed by atoms with Gasteiger partial charge in [0.15, 0.2) is 0 Å². The molecule has 0 spiro atoms. The van der Waals surface area contributed by atoms with Gasteiger partial charge < -0.3 is 5.32 Å². The second kappa shape index (κ2) is 5.69. The van der Waals surface area contributed by atoms with E-state index in [1.54, 1.807) is 4.68 Å². The Balaban J connectivity index is 1.87. The topological polar surface area (TPSA) is 72.7 Å². The molecular weight excluding hydrogens is 298 g/mol. The predicted molar refractivity (Wildman–Crippen MR) is 85.6 cm³/mol. The zero-order valence-electron chi connectivity index (χ0n) is 12.5. The van der Waals surface area contributed by atoms with Crippen molar-refractivity contribution < 1.29 is 4.79 Å². The number of hydrogen-bond acceptors (Lipinski definition) is 5. The first-order valence-electron chi connectivity index (χ1n) is 6.77. The van der Waals surface area contributed by atoms with E-state index in [1.807, 2.05) is 45.0 Å². The van der Waals surface area contributed by atoms with Crippen molar-refractivity contribution in [3.63, 3.8) is 0 Å². The van der Waals surface area contributed by atoms with E-state index in [9.17, 15) is 4.79 Å². The minimum atomic E-state index is -0.104. The lowest BCUT2D eigenvalue weighted by Crippen LogP contribution is -2.11. The lowest BCUT2D eigenvalue weighted by Gasteiger charge is -2.08. The molecule has 1 N–H and O–H groups in total. The maximum Gasteiger partial charge on any atom is 0.265 e. The van der Waals surface area contributed by atoms with Crippen LogP contribution in [0.5, 0.6) is 0 Å². The molecule has 7 heteroatoms. The van der Waals surface area contributed by atoms with Crippen molar-refractivity contribution in [3.05, 3.63) is 51.5 Å². The van der Waals surface area contributed by atoms with Gasteiger partial charge in [-0.3, -0.25) is 4.79 Å². The van der Waals surface area contributed by atoms with Gasteiger partial charge in [0.05, 0.1) is 10.6 Å². The Morgan fingerprint density at radius 3 is 2.64 bits per heavy atom. The Morgan fingerprint density at radius 1 is 1.18 bits per heavy atom. The van der Waals surface area contributed by atoms with Gasteiger partial charge in [0.25, 0.3) is 5.91 Å². The van der Waals surface area contributed by atoms with Crippen LogP contribution in [0.4, 0.5) is 5.69 Å². The molecule has 0 aliphatic carbocycles. The van der Waals surface area contributed by atoms with Crippen LogP contribution in [0.2, 0.25) is 0 Å². The van der Waals surface area contributed by atoms with Crippen LogP contribution in [0.1, 0.15) is 25.7 Å². The van der Waals surface area contributed by atoms with E-state index in [2.05, 4.69) is 20.8 Å². The summed E-state index contributed by atoms with van der Waals surface area (Å²) in [5, 5.41) is 14.1. The monoisotopic (exact) mass is 313 g/mol.